The summed E-state index contributed by atoms with van der Waals surface area (Å²) in [6.07, 6.45) is 35.8. The lowest BCUT2D eigenvalue weighted by atomic mass is 10.0. The monoisotopic (exact) mass is 597 g/mol. The Kier molecular flexibility index (Phi) is 33.5. The van der Waals surface area contributed by atoms with E-state index in [9.17, 15) is 14.7 Å². The van der Waals surface area contributed by atoms with Crippen LogP contribution in [0, 0.1) is 0 Å². The minimum atomic E-state index is -0.953. The number of unbranched alkanes of at least 4 members (excludes halogenated alkanes) is 26. The Morgan fingerprint density at radius 2 is 0.619 bits per heavy atom. The Labute approximate surface area is 261 Å². The van der Waals surface area contributed by atoms with Gasteiger partial charge >= 0.3 is 11.9 Å². The highest BCUT2D eigenvalue weighted by molar-refractivity contribution is 5.69. The zero-order valence-electron chi connectivity index (χ0n) is 28.3. The molecule has 0 fully saturated rings. The van der Waals surface area contributed by atoms with Crippen LogP contribution in [0.1, 0.15) is 206 Å². The molecule has 0 aliphatic carbocycles. The molecule has 0 aromatic rings. The Bertz CT molecular complexity index is 564. The van der Waals surface area contributed by atoms with Gasteiger partial charge in [-0.3, -0.25) is 9.59 Å². The van der Waals surface area contributed by atoms with Crippen LogP contribution in [0.25, 0.3) is 0 Å². The second-order valence-electron chi connectivity index (χ2n) is 12.7. The molecular weight excluding hydrogens is 524 g/mol. The number of aliphatic hydroxyl groups is 1. The molecule has 5 heteroatoms. The first-order valence-corrected chi connectivity index (χ1v) is 18.6. The Hall–Kier alpha value is -1.10. The standard InChI is InChI=1S/C37H72O5/c1-3-5-7-9-11-13-15-17-18-20-22-24-26-28-30-32-37(40)42-34-35(38)33-41-36(39)31-29-27-25-23-21-19-16-14-12-10-8-6-4-2/h35,38H,3-34H2,1-2H3/t35-/m0/s1. The van der Waals surface area contributed by atoms with Crippen LogP contribution in [0.3, 0.4) is 0 Å². The summed E-state index contributed by atoms with van der Waals surface area (Å²) in [5, 5.41) is 9.98. The molecule has 1 N–H and O–H groups in total. The number of ether oxygens (including phenoxy) is 2. The van der Waals surface area contributed by atoms with Gasteiger partial charge in [0.05, 0.1) is 0 Å². The van der Waals surface area contributed by atoms with E-state index in [0.29, 0.717) is 12.8 Å². The quantitative estimate of drug-likeness (QED) is 0.0591. The first-order valence-electron chi connectivity index (χ1n) is 18.6. The van der Waals surface area contributed by atoms with E-state index in [4.69, 9.17) is 9.47 Å². The van der Waals surface area contributed by atoms with Gasteiger partial charge in [0.15, 0.2) is 0 Å². The van der Waals surface area contributed by atoms with E-state index >= 15 is 0 Å². The molecule has 0 saturated heterocycles. The second-order valence-corrected chi connectivity index (χ2v) is 12.7. The third-order valence-corrected chi connectivity index (χ3v) is 8.34. The molecule has 5 nitrogen and oxygen atoms in total. The normalized spacial score (nSPS) is 12.0. The minimum Gasteiger partial charge on any atom is -0.463 e. The molecule has 0 unspecified atom stereocenters. The SMILES string of the molecule is CCCCCCCCCCCCCCCCCC(=O)OC[C@@H](O)COC(=O)CCCCCCCCCCCCCCC. The van der Waals surface area contributed by atoms with Gasteiger partial charge in [-0.25, -0.2) is 0 Å². The van der Waals surface area contributed by atoms with Crippen LogP contribution in [0.2, 0.25) is 0 Å². The van der Waals surface area contributed by atoms with E-state index in [1.807, 2.05) is 0 Å². The third-order valence-electron chi connectivity index (χ3n) is 8.34. The number of hydrogen-bond acceptors (Lipinski definition) is 5. The van der Waals surface area contributed by atoms with E-state index < -0.39 is 6.10 Å². The predicted octanol–water partition coefficient (Wildman–Crippen LogP) is 11.2. The summed E-state index contributed by atoms with van der Waals surface area (Å²) in [6.45, 7) is 4.32. The number of rotatable bonds is 34. The van der Waals surface area contributed by atoms with E-state index in [0.717, 1.165) is 25.7 Å². The lowest BCUT2D eigenvalue weighted by Gasteiger charge is -2.12. The van der Waals surface area contributed by atoms with Crippen molar-refractivity contribution in [1.29, 1.82) is 0 Å². The van der Waals surface area contributed by atoms with Gasteiger partial charge in [0.2, 0.25) is 0 Å². The minimum absolute atomic E-state index is 0.108. The average Bonchev–Trinajstić information content (AvgIpc) is 2.99. The number of esters is 2. The summed E-state index contributed by atoms with van der Waals surface area (Å²) in [7, 11) is 0. The van der Waals surface area contributed by atoms with Crippen molar-refractivity contribution in [2.75, 3.05) is 13.2 Å². The number of aliphatic hydroxyl groups excluding tert-OH is 1. The maximum Gasteiger partial charge on any atom is 0.305 e. The van der Waals surface area contributed by atoms with Crippen LogP contribution in [-0.4, -0.2) is 36.4 Å². The van der Waals surface area contributed by atoms with E-state index in [-0.39, 0.29) is 25.2 Å². The molecule has 0 aromatic carbocycles. The van der Waals surface area contributed by atoms with Crippen molar-refractivity contribution < 1.29 is 24.2 Å². The second kappa shape index (κ2) is 34.4. The fourth-order valence-electron chi connectivity index (χ4n) is 5.50. The molecular formula is C37H72O5. The van der Waals surface area contributed by atoms with Crippen molar-refractivity contribution in [3.8, 4) is 0 Å². The van der Waals surface area contributed by atoms with E-state index in [1.165, 1.54) is 154 Å². The molecule has 0 saturated carbocycles. The fourth-order valence-corrected chi connectivity index (χ4v) is 5.50. The number of hydrogen-bond donors (Lipinski definition) is 1. The highest BCUT2D eigenvalue weighted by Gasteiger charge is 2.12. The molecule has 0 aliphatic heterocycles. The summed E-state index contributed by atoms with van der Waals surface area (Å²) in [4.78, 5) is 23.8. The smallest absolute Gasteiger partial charge is 0.305 e. The highest BCUT2D eigenvalue weighted by atomic mass is 16.6. The summed E-state index contributed by atoms with van der Waals surface area (Å²) < 4.78 is 10.3. The topological polar surface area (TPSA) is 72.8 Å². The largest absolute Gasteiger partial charge is 0.463 e. The summed E-state index contributed by atoms with van der Waals surface area (Å²) >= 11 is 0. The van der Waals surface area contributed by atoms with Crippen LogP contribution in [0.5, 0.6) is 0 Å². The molecule has 0 rings (SSSR count). The van der Waals surface area contributed by atoms with Crippen molar-refractivity contribution in [3.05, 3.63) is 0 Å². The van der Waals surface area contributed by atoms with Gasteiger partial charge in [0.25, 0.3) is 0 Å². The first kappa shape index (κ1) is 40.9. The maximum atomic E-state index is 11.9. The van der Waals surface area contributed by atoms with Gasteiger partial charge in [-0.05, 0) is 12.8 Å². The molecule has 0 amide bonds. The highest BCUT2D eigenvalue weighted by Crippen LogP contribution is 2.15. The lowest BCUT2D eigenvalue weighted by molar-refractivity contribution is -0.152. The Morgan fingerprint density at radius 3 is 0.857 bits per heavy atom. The van der Waals surface area contributed by atoms with Crippen LogP contribution < -0.4 is 0 Å². The zero-order chi connectivity index (χ0) is 30.8. The Morgan fingerprint density at radius 1 is 0.405 bits per heavy atom. The molecule has 0 aliphatic rings. The Balaban J connectivity index is 3.38. The first-order chi connectivity index (χ1) is 20.6. The molecule has 1 atom stereocenters. The van der Waals surface area contributed by atoms with Gasteiger partial charge in [0, 0.05) is 12.8 Å². The molecule has 42 heavy (non-hydrogen) atoms. The molecule has 0 heterocycles. The average molecular weight is 597 g/mol. The molecule has 0 radical (unpaired) electrons. The van der Waals surface area contributed by atoms with Crippen LogP contribution in [0.15, 0.2) is 0 Å². The molecule has 0 aromatic heterocycles. The van der Waals surface area contributed by atoms with E-state index in [1.54, 1.807) is 0 Å². The van der Waals surface area contributed by atoms with Crippen molar-refractivity contribution in [2.24, 2.45) is 0 Å². The molecule has 250 valence electrons. The number of carbonyl (C=O) groups is 2. The van der Waals surface area contributed by atoms with Gasteiger partial charge in [0.1, 0.15) is 19.3 Å². The summed E-state index contributed by atoms with van der Waals surface area (Å²) in [6, 6.07) is 0. The van der Waals surface area contributed by atoms with Crippen molar-refractivity contribution in [3.63, 3.8) is 0 Å². The fraction of sp³-hybridized carbons (Fsp3) is 0.946. The summed E-state index contributed by atoms with van der Waals surface area (Å²) in [5.74, 6) is -0.553. The van der Waals surface area contributed by atoms with Gasteiger partial charge in [-0.15, -0.1) is 0 Å². The van der Waals surface area contributed by atoms with Crippen molar-refractivity contribution in [2.45, 2.75) is 213 Å². The molecule has 0 spiro atoms. The van der Waals surface area contributed by atoms with Crippen molar-refractivity contribution in [1.82, 2.24) is 0 Å². The van der Waals surface area contributed by atoms with Gasteiger partial charge in [-0.1, -0.05) is 181 Å². The van der Waals surface area contributed by atoms with Crippen LogP contribution in [0.4, 0.5) is 0 Å². The maximum absolute atomic E-state index is 11.9. The zero-order valence-corrected chi connectivity index (χ0v) is 28.3. The summed E-state index contributed by atoms with van der Waals surface area (Å²) in [5.41, 5.74) is 0. The van der Waals surface area contributed by atoms with Crippen molar-refractivity contribution >= 4 is 11.9 Å². The van der Waals surface area contributed by atoms with Gasteiger partial charge in [-0.2, -0.15) is 0 Å². The number of carbonyl (C=O) groups excluding carboxylic acids is 2. The predicted molar refractivity (Wildman–Crippen MR) is 178 cm³/mol. The lowest BCUT2D eigenvalue weighted by Crippen LogP contribution is -2.25. The van der Waals surface area contributed by atoms with Gasteiger partial charge < -0.3 is 14.6 Å². The van der Waals surface area contributed by atoms with Crippen LogP contribution in [-0.2, 0) is 19.1 Å². The van der Waals surface area contributed by atoms with Crippen LogP contribution >= 0.6 is 0 Å². The van der Waals surface area contributed by atoms with E-state index in [2.05, 4.69) is 13.8 Å². The third kappa shape index (κ3) is 33.4. The molecule has 0 bridgehead atoms.